The van der Waals surface area contributed by atoms with E-state index >= 15 is 0 Å². The van der Waals surface area contributed by atoms with E-state index in [1.165, 1.54) is 41.3 Å². The predicted molar refractivity (Wildman–Crippen MR) is 129 cm³/mol. The van der Waals surface area contributed by atoms with E-state index in [-0.39, 0.29) is 24.5 Å². The zero-order chi connectivity index (χ0) is 25.7. The van der Waals surface area contributed by atoms with Gasteiger partial charge in [-0.15, -0.1) is 0 Å². The minimum Gasteiger partial charge on any atom is -0.508 e. The summed E-state index contributed by atoms with van der Waals surface area (Å²) in [5.74, 6) is -1.33. The first-order chi connectivity index (χ1) is 16.7. The highest BCUT2D eigenvalue weighted by atomic mass is 19.1. The van der Waals surface area contributed by atoms with E-state index in [4.69, 9.17) is 9.47 Å². The Bertz CT molecular complexity index is 1200. The number of phenols is 1. The van der Waals surface area contributed by atoms with Crippen molar-refractivity contribution in [3.63, 3.8) is 0 Å². The van der Waals surface area contributed by atoms with Gasteiger partial charge in [0.15, 0.2) is 0 Å². The van der Waals surface area contributed by atoms with Crippen molar-refractivity contribution in [3.8, 4) is 17.2 Å². The molecule has 0 aliphatic heterocycles. The molecular weight excluding hydrogens is 453 g/mol. The number of aromatic hydroxyl groups is 1. The molecule has 0 fully saturated rings. The Morgan fingerprint density at radius 1 is 1.00 bits per heavy atom. The molecule has 1 unspecified atom stereocenters. The van der Waals surface area contributed by atoms with Gasteiger partial charge in [0.05, 0.1) is 6.61 Å². The smallest absolute Gasteiger partial charge is 0.397 e. The molecule has 0 heterocycles. The molecule has 8 heteroatoms. The normalized spacial score (nSPS) is 11.6. The molecule has 0 saturated carbocycles. The Balaban J connectivity index is 1.89. The monoisotopic (exact) mass is 481 g/mol. The van der Waals surface area contributed by atoms with E-state index in [1.54, 1.807) is 32.0 Å². The lowest BCUT2D eigenvalue weighted by atomic mass is 10.0. The van der Waals surface area contributed by atoms with Crippen LogP contribution in [0.15, 0.2) is 54.6 Å². The van der Waals surface area contributed by atoms with Gasteiger partial charge in [0.1, 0.15) is 29.2 Å². The molecule has 7 nitrogen and oxygen atoms in total. The van der Waals surface area contributed by atoms with Crippen molar-refractivity contribution in [3.05, 3.63) is 82.7 Å². The van der Waals surface area contributed by atoms with Gasteiger partial charge in [0.25, 0.3) is 0 Å². The summed E-state index contributed by atoms with van der Waals surface area (Å²) >= 11 is 0. The van der Waals surface area contributed by atoms with Gasteiger partial charge < -0.3 is 24.6 Å². The van der Waals surface area contributed by atoms with E-state index in [0.29, 0.717) is 33.9 Å². The molecule has 2 N–H and O–H groups in total. The summed E-state index contributed by atoms with van der Waals surface area (Å²) in [6.45, 7) is 7.40. The van der Waals surface area contributed by atoms with Gasteiger partial charge in [-0.2, -0.15) is 0 Å². The van der Waals surface area contributed by atoms with Crippen LogP contribution in [0.5, 0.6) is 17.2 Å². The van der Waals surface area contributed by atoms with Crippen molar-refractivity contribution in [2.45, 2.75) is 33.8 Å². The lowest BCUT2D eigenvalue weighted by Gasteiger charge is -2.22. The molecule has 1 amide bonds. The molecule has 0 radical (unpaired) electrons. The highest BCUT2D eigenvalue weighted by Crippen LogP contribution is 2.37. The van der Waals surface area contributed by atoms with E-state index in [2.05, 4.69) is 0 Å². The second kappa shape index (κ2) is 11.0. The highest BCUT2D eigenvalue weighted by Gasteiger charge is 2.24. The van der Waals surface area contributed by atoms with Gasteiger partial charge in [-0.05, 0) is 86.8 Å². The Morgan fingerprint density at radius 3 is 2.20 bits per heavy atom. The molecule has 35 heavy (non-hydrogen) atoms. The molecule has 0 spiro atoms. The van der Waals surface area contributed by atoms with Crippen LogP contribution < -0.4 is 9.64 Å². The third-order valence-electron chi connectivity index (χ3n) is 5.47. The van der Waals surface area contributed by atoms with Gasteiger partial charge in [-0.1, -0.05) is 12.1 Å². The second-order valence-corrected chi connectivity index (χ2v) is 7.96. The van der Waals surface area contributed by atoms with Gasteiger partial charge in [-0.3, -0.25) is 4.79 Å². The number of aliphatic hydroxyl groups is 1. The summed E-state index contributed by atoms with van der Waals surface area (Å²) in [6.07, 6.45) is -1.18. The molecule has 0 bridgehead atoms. The number of halogens is 1. The van der Waals surface area contributed by atoms with Crippen LogP contribution in [0.1, 0.15) is 42.2 Å². The number of ether oxygens (including phenoxy) is 2. The van der Waals surface area contributed by atoms with Crippen LogP contribution in [0.3, 0.4) is 0 Å². The Hall–Kier alpha value is -3.91. The lowest BCUT2D eigenvalue weighted by Crippen LogP contribution is -2.37. The van der Waals surface area contributed by atoms with Crippen molar-refractivity contribution >= 4 is 17.6 Å². The highest BCUT2D eigenvalue weighted by molar-refractivity contribution is 6.38. The van der Waals surface area contributed by atoms with Crippen molar-refractivity contribution < 1.29 is 33.7 Å². The number of esters is 1. The summed E-state index contributed by atoms with van der Waals surface area (Å²) in [5.41, 5.74) is 2.58. The standard InChI is InChI=1S/C27H28FNO6/c1-5-29(26(32)27(33)34-6-2)20-13-16(3)25(17(4)14-20)35-21-11-12-23(30)22(15-21)24(31)18-7-9-19(28)10-8-18/h7-15,24,30-31H,5-6H2,1-4H3. The first-order valence-corrected chi connectivity index (χ1v) is 11.2. The third-order valence-corrected chi connectivity index (χ3v) is 5.47. The van der Waals surface area contributed by atoms with E-state index in [0.717, 1.165) is 0 Å². The van der Waals surface area contributed by atoms with Crippen LogP contribution in [-0.2, 0) is 14.3 Å². The molecule has 0 saturated heterocycles. The number of carbonyl (C=O) groups excluding carboxylic acids is 2. The van der Waals surface area contributed by atoms with Gasteiger partial charge in [0, 0.05) is 17.8 Å². The SMILES string of the molecule is CCOC(=O)C(=O)N(CC)c1cc(C)c(Oc2ccc(O)c(C(O)c3ccc(F)cc3)c2)c(C)c1. The number of hydrogen-bond acceptors (Lipinski definition) is 6. The second-order valence-electron chi connectivity index (χ2n) is 7.96. The molecule has 0 aromatic heterocycles. The topological polar surface area (TPSA) is 96.3 Å². The maximum atomic E-state index is 13.2. The summed E-state index contributed by atoms with van der Waals surface area (Å²) in [4.78, 5) is 25.7. The molecule has 1 atom stereocenters. The average molecular weight is 482 g/mol. The van der Waals surface area contributed by atoms with Crippen molar-refractivity contribution in [1.82, 2.24) is 0 Å². The van der Waals surface area contributed by atoms with Crippen LogP contribution >= 0.6 is 0 Å². The number of nitrogens with zero attached hydrogens (tertiary/aromatic N) is 1. The minimum absolute atomic E-state index is 0.109. The molecule has 0 aliphatic rings. The maximum Gasteiger partial charge on any atom is 0.397 e. The van der Waals surface area contributed by atoms with Crippen LogP contribution in [0.25, 0.3) is 0 Å². The fourth-order valence-electron chi connectivity index (χ4n) is 3.75. The molecule has 3 aromatic rings. The Labute approximate surface area is 203 Å². The summed E-state index contributed by atoms with van der Waals surface area (Å²) in [5, 5.41) is 21.0. The number of carbonyl (C=O) groups is 2. The predicted octanol–water partition coefficient (Wildman–Crippen LogP) is 4.94. The van der Waals surface area contributed by atoms with Crippen LogP contribution in [0.4, 0.5) is 10.1 Å². The van der Waals surface area contributed by atoms with E-state index < -0.39 is 23.8 Å². The van der Waals surface area contributed by atoms with Crippen LogP contribution in [0, 0.1) is 19.7 Å². The van der Waals surface area contributed by atoms with Crippen molar-refractivity contribution in [2.24, 2.45) is 0 Å². The van der Waals surface area contributed by atoms with E-state index in [1.807, 2.05) is 13.8 Å². The zero-order valence-corrected chi connectivity index (χ0v) is 20.0. The van der Waals surface area contributed by atoms with Crippen molar-refractivity contribution in [2.75, 3.05) is 18.1 Å². The first kappa shape index (κ1) is 25.7. The number of phenolic OH excluding ortho intramolecular Hbond substituents is 1. The third kappa shape index (κ3) is 5.78. The summed E-state index contributed by atoms with van der Waals surface area (Å²) < 4.78 is 24.2. The Kier molecular flexibility index (Phi) is 8.09. The Morgan fingerprint density at radius 2 is 1.63 bits per heavy atom. The van der Waals surface area contributed by atoms with Crippen LogP contribution in [0.2, 0.25) is 0 Å². The number of rotatable bonds is 7. The lowest BCUT2D eigenvalue weighted by molar-refractivity contribution is -0.153. The molecule has 3 aromatic carbocycles. The fourth-order valence-corrected chi connectivity index (χ4v) is 3.75. The van der Waals surface area contributed by atoms with Gasteiger partial charge in [-0.25, -0.2) is 9.18 Å². The zero-order valence-electron chi connectivity index (χ0n) is 20.0. The quantitative estimate of drug-likeness (QED) is 0.367. The van der Waals surface area contributed by atoms with Gasteiger partial charge >= 0.3 is 11.9 Å². The van der Waals surface area contributed by atoms with Crippen LogP contribution in [-0.4, -0.2) is 35.2 Å². The number of anilines is 1. The average Bonchev–Trinajstić information content (AvgIpc) is 2.83. The maximum absolute atomic E-state index is 13.2. The first-order valence-electron chi connectivity index (χ1n) is 11.2. The minimum atomic E-state index is -1.18. The summed E-state index contributed by atoms with van der Waals surface area (Å²) in [7, 11) is 0. The number of hydrogen-bond donors (Lipinski definition) is 2. The number of amides is 1. The van der Waals surface area contributed by atoms with E-state index in [9.17, 15) is 24.2 Å². The number of benzene rings is 3. The van der Waals surface area contributed by atoms with Gasteiger partial charge in [0.2, 0.25) is 0 Å². The van der Waals surface area contributed by atoms with Crippen molar-refractivity contribution in [1.29, 1.82) is 0 Å². The molecular formula is C27H28FNO6. The molecule has 0 aliphatic carbocycles. The number of aryl methyl sites for hydroxylation is 2. The molecule has 184 valence electrons. The molecule has 3 rings (SSSR count). The number of likely N-dealkylation sites (N-methyl/N-ethyl adjacent to an activating group) is 1. The summed E-state index contributed by atoms with van der Waals surface area (Å²) in [6, 6.07) is 13.3. The number of aliphatic hydroxyl groups excluding tert-OH is 1. The fraction of sp³-hybridized carbons (Fsp3) is 0.259. The largest absolute Gasteiger partial charge is 0.508 e.